The van der Waals surface area contributed by atoms with Gasteiger partial charge in [-0.25, -0.2) is 0 Å². The number of aliphatic carboxylic acids is 1. The molecule has 0 aromatic carbocycles. The number of carboxylic acids is 1. The molecule has 112 valence electrons. The summed E-state index contributed by atoms with van der Waals surface area (Å²) < 4.78 is 0. The monoisotopic (exact) mass is 282 g/mol. The Morgan fingerprint density at radius 2 is 1.70 bits per heavy atom. The maximum Gasteiger partial charge on any atom is 0.307 e. The average molecular weight is 282 g/mol. The molecule has 0 aromatic heterocycles. The highest BCUT2D eigenvalue weighted by Gasteiger charge is 2.37. The average Bonchev–Trinajstić information content (AvgIpc) is 2.64. The summed E-state index contributed by atoms with van der Waals surface area (Å²) >= 11 is 0. The van der Waals surface area contributed by atoms with Gasteiger partial charge in [-0.05, 0) is 32.1 Å². The number of carboxylic acid groups (broad SMARTS) is 1. The molecule has 3 N–H and O–H groups in total. The molecule has 2 aliphatic rings. The molecule has 20 heavy (non-hydrogen) atoms. The molecule has 2 rings (SSSR count). The lowest BCUT2D eigenvalue weighted by atomic mass is 9.78. The standard InChI is InChI=1S/C14H22N2O4/c17-12(9-5-1-2-6-10(9)14(19)20)16-11-7-3-4-8-15-13(11)18/h9-11H,1-8H2,(H,15,18)(H,16,17)(H,19,20). The van der Waals surface area contributed by atoms with Gasteiger partial charge in [0, 0.05) is 6.54 Å². The first-order valence-electron chi connectivity index (χ1n) is 7.40. The molecule has 1 saturated heterocycles. The fourth-order valence-electron chi connectivity index (χ4n) is 3.10. The van der Waals surface area contributed by atoms with Crippen molar-refractivity contribution in [1.29, 1.82) is 0 Å². The summed E-state index contributed by atoms with van der Waals surface area (Å²) in [5.41, 5.74) is 0. The zero-order chi connectivity index (χ0) is 14.5. The number of amides is 2. The molecule has 2 amide bonds. The molecule has 0 aromatic rings. The summed E-state index contributed by atoms with van der Waals surface area (Å²) in [6.45, 7) is 0.645. The minimum atomic E-state index is -0.907. The van der Waals surface area contributed by atoms with Crippen LogP contribution < -0.4 is 10.6 Å². The lowest BCUT2D eigenvalue weighted by molar-refractivity contribution is -0.149. The second kappa shape index (κ2) is 6.72. The van der Waals surface area contributed by atoms with Crippen LogP contribution in [0.25, 0.3) is 0 Å². The molecule has 3 unspecified atom stereocenters. The number of rotatable bonds is 3. The Morgan fingerprint density at radius 3 is 2.40 bits per heavy atom. The molecule has 3 atom stereocenters. The van der Waals surface area contributed by atoms with Crippen molar-refractivity contribution in [2.45, 2.75) is 51.0 Å². The van der Waals surface area contributed by atoms with Gasteiger partial charge in [-0.1, -0.05) is 12.8 Å². The van der Waals surface area contributed by atoms with Gasteiger partial charge in [0.05, 0.1) is 11.8 Å². The van der Waals surface area contributed by atoms with E-state index in [4.69, 9.17) is 0 Å². The van der Waals surface area contributed by atoms with E-state index in [-0.39, 0.29) is 11.8 Å². The summed E-state index contributed by atoms with van der Waals surface area (Å²) in [6, 6.07) is -0.513. The highest BCUT2D eigenvalue weighted by Crippen LogP contribution is 2.30. The van der Waals surface area contributed by atoms with Gasteiger partial charge >= 0.3 is 5.97 Å². The van der Waals surface area contributed by atoms with E-state index in [0.29, 0.717) is 25.8 Å². The Kier molecular flexibility index (Phi) is 4.98. The van der Waals surface area contributed by atoms with E-state index < -0.39 is 23.8 Å². The van der Waals surface area contributed by atoms with Crippen molar-refractivity contribution in [1.82, 2.24) is 10.6 Å². The zero-order valence-corrected chi connectivity index (χ0v) is 11.6. The first kappa shape index (κ1) is 14.8. The van der Waals surface area contributed by atoms with Crippen molar-refractivity contribution >= 4 is 17.8 Å². The number of nitrogens with one attached hydrogen (secondary N) is 2. The van der Waals surface area contributed by atoms with E-state index in [0.717, 1.165) is 25.7 Å². The normalized spacial score (nSPS) is 31.0. The summed E-state index contributed by atoms with van der Waals surface area (Å²) in [6.07, 6.45) is 5.29. The van der Waals surface area contributed by atoms with E-state index in [2.05, 4.69) is 10.6 Å². The van der Waals surface area contributed by atoms with Crippen LogP contribution in [0.4, 0.5) is 0 Å². The van der Waals surface area contributed by atoms with Gasteiger partial charge in [-0.3, -0.25) is 14.4 Å². The van der Waals surface area contributed by atoms with E-state index in [1.165, 1.54) is 0 Å². The largest absolute Gasteiger partial charge is 0.481 e. The van der Waals surface area contributed by atoms with E-state index in [1.807, 2.05) is 0 Å². The van der Waals surface area contributed by atoms with Crippen LogP contribution in [0.15, 0.2) is 0 Å². The Labute approximate surface area is 118 Å². The molecule has 0 bridgehead atoms. The Balaban J connectivity index is 1.98. The number of carbonyl (C=O) groups excluding carboxylic acids is 2. The first-order valence-corrected chi connectivity index (χ1v) is 7.40. The van der Waals surface area contributed by atoms with Crippen LogP contribution in [0.3, 0.4) is 0 Å². The molecule has 6 nitrogen and oxygen atoms in total. The van der Waals surface area contributed by atoms with Gasteiger partial charge in [-0.15, -0.1) is 0 Å². The van der Waals surface area contributed by atoms with Crippen molar-refractivity contribution in [3.05, 3.63) is 0 Å². The van der Waals surface area contributed by atoms with Crippen molar-refractivity contribution in [3.63, 3.8) is 0 Å². The molecule has 1 aliphatic heterocycles. The minimum Gasteiger partial charge on any atom is -0.481 e. The third kappa shape index (κ3) is 3.49. The van der Waals surface area contributed by atoms with Crippen LogP contribution in [0, 0.1) is 11.8 Å². The van der Waals surface area contributed by atoms with E-state index >= 15 is 0 Å². The quantitative estimate of drug-likeness (QED) is 0.708. The lowest BCUT2D eigenvalue weighted by Gasteiger charge is -2.28. The summed E-state index contributed by atoms with van der Waals surface area (Å²) in [4.78, 5) is 35.3. The van der Waals surface area contributed by atoms with E-state index in [9.17, 15) is 19.5 Å². The molecule has 6 heteroatoms. The zero-order valence-electron chi connectivity index (χ0n) is 11.6. The molecule has 1 heterocycles. The van der Waals surface area contributed by atoms with Crippen molar-refractivity contribution in [2.75, 3.05) is 6.54 Å². The number of hydrogen-bond donors (Lipinski definition) is 3. The summed E-state index contributed by atoms with van der Waals surface area (Å²) in [7, 11) is 0. The SMILES string of the molecule is O=C1NCCCCC1NC(=O)C1CCCCC1C(=O)O. The Hall–Kier alpha value is -1.59. The van der Waals surface area contributed by atoms with Crippen molar-refractivity contribution < 1.29 is 19.5 Å². The highest BCUT2D eigenvalue weighted by molar-refractivity contribution is 5.90. The second-order valence-corrected chi connectivity index (χ2v) is 5.68. The predicted molar refractivity (Wildman–Crippen MR) is 71.9 cm³/mol. The number of carbonyl (C=O) groups is 3. The summed E-state index contributed by atoms with van der Waals surface area (Å²) in [5, 5.41) is 14.7. The fourth-order valence-corrected chi connectivity index (χ4v) is 3.10. The van der Waals surface area contributed by atoms with Crippen LogP contribution in [0.1, 0.15) is 44.9 Å². The highest BCUT2D eigenvalue weighted by atomic mass is 16.4. The second-order valence-electron chi connectivity index (χ2n) is 5.68. The molecular weight excluding hydrogens is 260 g/mol. The molecule has 0 spiro atoms. The van der Waals surface area contributed by atoms with Crippen LogP contribution in [0.2, 0.25) is 0 Å². The predicted octanol–water partition coefficient (Wildman–Crippen LogP) is 0.662. The van der Waals surface area contributed by atoms with Crippen LogP contribution >= 0.6 is 0 Å². The smallest absolute Gasteiger partial charge is 0.307 e. The maximum absolute atomic E-state index is 12.3. The minimum absolute atomic E-state index is 0.154. The van der Waals surface area contributed by atoms with Gasteiger partial charge in [0.2, 0.25) is 11.8 Å². The topological polar surface area (TPSA) is 95.5 Å². The molecule has 2 fully saturated rings. The lowest BCUT2D eigenvalue weighted by Crippen LogP contribution is -2.49. The first-order chi connectivity index (χ1) is 9.59. The summed E-state index contributed by atoms with van der Waals surface area (Å²) in [5.74, 6) is -2.46. The van der Waals surface area contributed by atoms with Crippen LogP contribution in [0.5, 0.6) is 0 Å². The third-order valence-electron chi connectivity index (χ3n) is 4.27. The molecule has 0 radical (unpaired) electrons. The van der Waals surface area contributed by atoms with Gasteiger partial charge in [0.25, 0.3) is 0 Å². The Morgan fingerprint density at radius 1 is 1.05 bits per heavy atom. The van der Waals surface area contributed by atoms with Gasteiger partial charge in [0.1, 0.15) is 6.04 Å². The van der Waals surface area contributed by atoms with E-state index in [1.54, 1.807) is 0 Å². The van der Waals surface area contributed by atoms with Crippen LogP contribution in [-0.4, -0.2) is 35.5 Å². The maximum atomic E-state index is 12.3. The number of hydrogen-bond acceptors (Lipinski definition) is 3. The molecule has 1 saturated carbocycles. The van der Waals surface area contributed by atoms with Gasteiger partial charge in [0.15, 0.2) is 0 Å². The van der Waals surface area contributed by atoms with Gasteiger partial charge < -0.3 is 15.7 Å². The molecular formula is C14H22N2O4. The third-order valence-corrected chi connectivity index (χ3v) is 4.27. The van der Waals surface area contributed by atoms with Crippen molar-refractivity contribution in [2.24, 2.45) is 11.8 Å². The fraction of sp³-hybridized carbons (Fsp3) is 0.786. The molecule has 1 aliphatic carbocycles. The van der Waals surface area contributed by atoms with Crippen LogP contribution in [-0.2, 0) is 14.4 Å². The Bertz CT molecular complexity index is 397. The van der Waals surface area contributed by atoms with Crippen molar-refractivity contribution in [3.8, 4) is 0 Å². The van der Waals surface area contributed by atoms with Gasteiger partial charge in [-0.2, -0.15) is 0 Å².